The number of hydrogen-bond donors (Lipinski definition) is 1. The number of hydrogen-bond acceptors (Lipinski definition) is 3. The number of anilines is 1. The normalized spacial score (nSPS) is 10.9. The molecule has 0 saturated heterocycles. The molecule has 31 heavy (non-hydrogen) atoms. The van der Waals surface area contributed by atoms with E-state index in [1.807, 2.05) is 42.5 Å². The molecule has 0 radical (unpaired) electrons. The van der Waals surface area contributed by atoms with E-state index >= 15 is 0 Å². The number of aryl methyl sites for hydroxylation is 1. The maximum absolute atomic E-state index is 13.4. The standard InChI is InChI=1S/C25H22ClN3O2/c1-2-8-23-28-22-14-13-19(27-24(30)17-9-4-3-5-10-17)15-20(22)25(31)29(23)16-18-11-6-7-12-21(18)26/h3-7,9-15H,2,8,16H2,1H3,(H,27,30). The number of nitrogens with one attached hydrogen (secondary N) is 1. The Labute approximate surface area is 185 Å². The van der Waals surface area contributed by atoms with Gasteiger partial charge in [0, 0.05) is 22.7 Å². The number of aromatic nitrogens is 2. The topological polar surface area (TPSA) is 64.0 Å². The molecule has 156 valence electrons. The van der Waals surface area contributed by atoms with E-state index in [0.29, 0.717) is 40.1 Å². The molecule has 0 saturated carbocycles. The lowest BCUT2D eigenvalue weighted by Crippen LogP contribution is -2.26. The van der Waals surface area contributed by atoms with Gasteiger partial charge in [0.2, 0.25) is 0 Å². The Morgan fingerprint density at radius 3 is 2.52 bits per heavy atom. The summed E-state index contributed by atoms with van der Waals surface area (Å²) < 4.78 is 1.68. The van der Waals surface area contributed by atoms with E-state index in [9.17, 15) is 9.59 Å². The van der Waals surface area contributed by atoms with Crippen molar-refractivity contribution in [1.29, 1.82) is 0 Å². The van der Waals surface area contributed by atoms with Crippen molar-refractivity contribution in [2.24, 2.45) is 0 Å². The summed E-state index contributed by atoms with van der Waals surface area (Å²) in [4.78, 5) is 30.6. The summed E-state index contributed by atoms with van der Waals surface area (Å²) in [6.45, 7) is 2.40. The number of carbonyl (C=O) groups is 1. The van der Waals surface area contributed by atoms with Crippen molar-refractivity contribution in [2.75, 3.05) is 5.32 Å². The molecule has 4 rings (SSSR count). The SMILES string of the molecule is CCCc1nc2ccc(NC(=O)c3ccccc3)cc2c(=O)n1Cc1ccccc1Cl. The highest BCUT2D eigenvalue weighted by Crippen LogP contribution is 2.20. The van der Waals surface area contributed by atoms with Gasteiger partial charge in [-0.05, 0) is 48.4 Å². The monoisotopic (exact) mass is 431 g/mol. The van der Waals surface area contributed by atoms with Gasteiger partial charge in [-0.25, -0.2) is 4.98 Å². The van der Waals surface area contributed by atoms with Crippen LogP contribution in [0.2, 0.25) is 5.02 Å². The molecular formula is C25H22ClN3O2. The summed E-state index contributed by atoms with van der Waals surface area (Å²) >= 11 is 6.33. The molecule has 0 fully saturated rings. The number of rotatable bonds is 6. The third-order valence-corrected chi connectivity index (χ3v) is 5.46. The van der Waals surface area contributed by atoms with Crippen LogP contribution in [0.3, 0.4) is 0 Å². The average molecular weight is 432 g/mol. The Balaban J connectivity index is 1.75. The van der Waals surface area contributed by atoms with Gasteiger partial charge in [0.15, 0.2) is 0 Å². The highest BCUT2D eigenvalue weighted by molar-refractivity contribution is 6.31. The first-order valence-corrected chi connectivity index (χ1v) is 10.6. The second kappa shape index (κ2) is 9.14. The van der Waals surface area contributed by atoms with E-state index in [4.69, 9.17) is 16.6 Å². The van der Waals surface area contributed by atoms with Gasteiger partial charge in [-0.15, -0.1) is 0 Å². The predicted octanol–water partition coefficient (Wildman–Crippen LogP) is 5.30. The Morgan fingerprint density at radius 2 is 1.77 bits per heavy atom. The molecule has 0 aliphatic rings. The van der Waals surface area contributed by atoms with Crippen molar-refractivity contribution in [3.05, 3.63) is 105 Å². The third kappa shape index (κ3) is 4.52. The number of fused-ring (bicyclic) bond motifs is 1. The number of amides is 1. The van der Waals surface area contributed by atoms with E-state index in [1.54, 1.807) is 34.9 Å². The van der Waals surface area contributed by atoms with E-state index in [2.05, 4.69) is 12.2 Å². The van der Waals surface area contributed by atoms with Crippen LogP contribution in [0, 0.1) is 0 Å². The summed E-state index contributed by atoms with van der Waals surface area (Å²) in [5, 5.41) is 3.93. The van der Waals surface area contributed by atoms with Crippen molar-refractivity contribution in [1.82, 2.24) is 9.55 Å². The summed E-state index contributed by atoms with van der Waals surface area (Å²) in [5.41, 5.74) is 2.42. The van der Waals surface area contributed by atoms with Crippen molar-refractivity contribution in [3.63, 3.8) is 0 Å². The smallest absolute Gasteiger partial charge is 0.261 e. The van der Waals surface area contributed by atoms with Gasteiger partial charge in [-0.2, -0.15) is 0 Å². The molecule has 0 spiro atoms. The summed E-state index contributed by atoms with van der Waals surface area (Å²) in [5.74, 6) is 0.493. The first-order chi connectivity index (χ1) is 15.1. The first kappa shape index (κ1) is 20.8. The van der Waals surface area contributed by atoms with Crippen molar-refractivity contribution in [2.45, 2.75) is 26.3 Å². The molecule has 1 N–H and O–H groups in total. The summed E-state index contributed by atoms with van der Waals surface area (Å²) in [6, 6.07) is 21.7. The van der Waals surface area contributed by atoms with E-state index in [1.165, 1.54) is 0 Å². The van der Waals surface area contributed by atoms with Crippen LogP contribution in [0.15, 0.2) is 77.6 Å². The second-order valence-electron chi connectivity index (χ2n) is 7.31. The fourth-order valence-electron chi connectivity index (χ4n) is 3.51. The van der Waals surface area contributed by atoms with Gasteiger partial charge in [-0.3, -0.25) is 14.2 Å². The average Bonchev–Trinajstić information content (AvgIpc) is 2.79. The molecular weight excluding hydrogens is 410 g/mol. The first-order valence-electron chi connectivity index (χ1n) is 10.2. The van der Waals surface area contributed by atoms with Crippen LogP contribution < -0.4 is 10.9 Å². The molecule has 0 bridgehead atoms. The van der Waals surface area contributed by atoms with E-state index in [-0.39, 0.29) is 11.5 Å². The number of benzene rings is 3. The maximum Gasteiger partial charge on any atom is 0.261 e. The number of halogens is 1. The minimum Gasteiger partial charge on any atom is -0.322 e. The molecule has 0 unspecified atom stereocenters. The zero-order valence-corrected chi connectivity index (χ0v) is 17.9. The zero-order valence-electron chi connectivity index (χ0n) is 17.1. The highest BCUT2D eigenvalue weighted by Gasteiger charge is 2.14. The van der Waals surface area contributed by atoms with E-state index < -0.39 is 0 Å². The van der Waals surface area contributed by atoms with Gasteiger partial charge in [-0.1, -0.05) is 54.9 Å². The lowest BCUT2D eigenvalue weighted by Gasteiger charge is -2.15. The van der Waals surface area contributed by atoms with Gasteiger partial charge < -0.3 is 5.32 Å². The van der Waals surface area contributed by atoms with Crippen molar-refractivity contribution < 1.29 is 4.79 Å². The largest absolute Gasteiger partial charge is 0.322 e. The van der Waals surface area contributed by atoms with Crippen LogP contribution in [0.25, 0.3) is 10.9 Å². The summed E-state index contributed by atoms with van der Waals surface area (Å²) in [7, 11) is 0. The third-order valence-electron chi connectivity index (χ3n) is 5.09. The molecule has 4 aromatic rings. The zero-order chi connectivity index (χ0) is 21.8. The molecule has 3 aromatic carbocycles. The molecule has 0 atom stereocenters. The predicted molar refractivity (Wildman–Crippen MR) is 125 cm³/mol. The van der Waals surface area contributed by atoms with Crippen LogP contribution in [0.5, 0.6) is 0 Å². The van der Waals surface area contributed by atoms with Crippen LogP contribution in [0.4, 0.5) is 5.69 Å². The second-order valence-corrected chi connectivity index (χ2v) is 7.72. The van der Waals surface area contributed by atoms with Crippen LogP contribution in [-0.2, 0) is 13.0 Å². The molecule has 1 amide bonds. The number of carbonyl (C=O) groups excluding carboxylic acids is 1. The van der Waals surface area contributed by atoms with E-state index in [0.717, 1.165) is 17.8 Å². The Hall–Kier alpha value is -3.44. The fourth-order valence-corrected chi connectivity index (χ4v) is 3.71. The maximum atomic E-state index is 13.4. The van der Waals surface area contributed by atoms with Gasteiger partial charge in [0.1, 0.15) is 5.82 Å². The number of nitrogens with zero attached hydrogens (tertiary/aromatic N) is 2. The molecule has 6 heteroatoms. The van der Waals surface area contributed by atoms with Gasteiger partial charge >= 0.3 is 0 Å². The molecule has 0 aliphatic heterocycles. The Kier molecular flexibility index (Phi) is 6.14. The minimum absolute atomic E-state index is 0.149. The lowest BCUT2D eigenvalue weighted by molar-refractivity contribution is 0.102. The van der Waals surface area contributed by atoms with Gasteiger partial charge in [0.25, 0.3) is 11.5 Å². The van der Waals surface area contributed by atoms with Crippen molar-refractivity contribution >= 4 is 34.1 Å². The van der Waals surface area contributed by atoms with Crippen molar-refractivity contribution in [3.8, 4) is 0 Å². The molecule has 1 aromatic heterocycles. The Bertz CT molecular complexity index is 1300. The molecule has 1 heterocycles. The van der Waals surface area contributed by atoms with Gasteiger partial charge in [0.05, 0.1) is 17.4 Å². The van der Waals surface area contributed by atoms with Crippen LogP contribution in [-0.4, -0.2) is 15.5 Å². The van der Waals surface area contributed by atoms with Crippen LogP contribution in [0.1, 0.15) is 35.1 Å². The highest BCUT2D eigenvalue weighted by atomic mass is 35.5. The fraction of sp³-hybridized carbons (Fsp3) is 0.160. The van der Waals surface area contributed by atoms with Crippen LogP contribution >= 0.6 is 11.6 Å². The minimum atomic E-state index is -0.230. The lowest BCUT2D eigenvalue weighted by atomic mass is 10.1. The molecule has 0 aliphatic carbocycles. The molecule has 5 nitrogen and oxygen atoms in total. The summed E-state index contributed by atoms with van der Waals surface area (Å²) in [6.07, 6.45) is 1.55. The quantitative estimate of drug-likeness (QED) is 0.450. The Morgan fingerprint density at radius 1 is 1.03 bits per heavy atom.